The third kappa shape index (κ3) is 2.90. The van der Waals surface area contributed by atoms with Gasteiger partial charge in [0.1, 0.15) is 5.76 Å². The lowest BCUT2D eigenvalue weighted by Crippen LogP contribution is -2.18. The van der Waals surface area contributed by atoms with E-state index in [1.165, 1.54) is 0 Å². The summed E-state index contributed by atoms with van der Waals surface area (Å²) in [4.78, 5) is 2.13. The number of anilines is 1. The molecule has 0 saturated heterocycles. The van der Waals surface area contributed by atoms with Crippen molar-refractivity contribution in [1.29, 1.82) is 0 Å². The number of furan rings is 1. The van der Waals surface area contributed by atoms with E-state index in [1.807, 2.05) is 31.3 Å². The van der Waals surface area contributed by atoms with Gasteiger partial charge in [-0.15, -0.1) is 0 Å². The van der Waals surface area contributed by atoms with Gasteiger partial charge in [0.15, 0.2) is 0 Å². The molecule has 1 aromatic heterocycles. The van der Waals surface area contributed by atoms with E-state index >= 15 is 0 Å². The molecule has 0 fully saturated rings. The maximum Gasteiger partial charge on any atom is 0.123 e. The first-order valence-electron chi connectivity index (χ1n) is 5.42. The second-order valence-corrected chi connectivity index (χ2v) is 4.83. The molecule has 0 unspecified atom stereocenters. The molecule has 3 nitrogen and oxygen atoms in total. The summed E-state index contributed by atoms with van der Waals surface area (Å²) in [5, 5.41) is 0. The predicted octanol–water partition coefficient (Wildman–Crippen LogP) is 3.14. The third-order valence-corrected chi connectivity index (χ3v) is 3.14. The van der Waals surface area contributed by atoms with Crippen LogP contribution in [-0.4, -0.2) is 7.05 Å². The zero-order chi connectivity index (χ0) is 12.3. The average Bonchev–Trinajstić information content (AvgIpc) is 2.81. The van der Waals surface area contributed by atoms with E-state index in [0.29, 0.717) is 6.54 Å². The molecule has 0 spiro atoms. The quantitative estimate of drug-likeness (QED) is 0.942. The summed E-state index contributed by atoms with van der Waals surface area (Å²) >= 11 is 3.48. The lowest BCUT2D eigenvalue weighted by atomic mass is 10.1. The van der Waals surface area contributed by atoms with E-state index in [1.54, 1.807) is 6.26 Å². The summed E-state index contributed by atoms with van der Waals surface area (Å²) in [6, 6.07) is 9.99. The van der Waals surface area contributed by atoms with Crippen molar-refractivity contribution < 1.29 is 4.42 Å². The Labute approximate surface area is 109 Å². The minimum atomic E-state index is 0.533. The lowest BCUT2D eigenvalue weighted by molar-refractivity contribution is 0.507. The molecule has 0 saturated carbocycles. The molecule has 0 aliphatic carbocycles. The molecule has 0 aliphatic heterocycles. The smallest absolute Gasteiger partial charge is 0.123 e. The highest BCUT2D eigenvalue weighted by Crippen LogP contribution is 2.25. The lowest BCUT2D eigenvalue weighted by Gasteiger charge is -2.21. The Morgan fingerprint density at radius 3 is 2.82 bits per heavy atom. The van der Waals surface area contributed by atoms with Crippen molar-refractivity contribution in [2.24, 2.45) is 5.73 Å². The molecule has 17 heavy (non-hydrogen) atoms. The highest BCUT2D eigenvalue weighted by atomic mass is 79.9. The van der Waals surface area contributed by atoms with Crippen molar-refractivity contribution in [3.05, 3.63) is 52.4 Å². The summed E-state index contributed by atoms with van der Waals surface area (Å²) in [7, 11) is 2.03. The summed E-state index contributed by atoms with van der Waals surface area (Å²) in [5.41, 5.74) is 8.00. The fraction of sp³-hybridized carbons (Fsp3) is 0.231. The van der Waals surface area contributed by atoms with E-state index in [9.17, 15) is 0 Å². The average molecular weight is 295 g/mol. The predicted molar refractivity (Wildman–Crippen MR) is 72.8 cm³/mol. The van der Waals surface area contributed by atoms with Crippen LogP contribution >= 0.6 is 15.9 Å². The van der Waals surface area contributed by atoms with E-state index in [4.69, 9.17) is 10.2 Å². The van der Waals surface area contributed by atoms with Gasteiger partial charge in [0.25, 0.3) is 0 Å². The van der Waals surface area contributed by atoms with Crippen LogP contribution in [0.15, 0.2) is 45.5 Å². The molecular weight excluding hydrogens is 280 g/mol. The monoisotopic (exact) mass is 294 g/mol. The Kier molecular flexibility index (Phi) is 3.86. The van der Waals surface area contributed by atoms with E-state index in [0.717, 1.165) is 28.0 Å². The Balaban J connectivity index is 2.23. The second-order valence-electron chi connectivity index (χ2n) is 3.91. The molecule has 0 aliphatic rings. The van der Waals surface area contributed by atoms with Crippen molar-refractivity contribution in [2.75, 3.05) is 11.9 Å². The molecular formula is C13H15BrN2O. The first kappa shape index (κ1) is 12.2. The van der Waals surface area contributed by atoms with Crippen molar-refractivity contribution >= 4 is 21.6 Å². The topological polar surface area (TPSA) is 42.4 Å². The highest BCUT2D eigenvalue weighted by Gasteiger charge is 2.09. The number of nitrogens with two attached hydrogens (primary N) is 1. The molecule has 0 amide bonds. The van der Waals surface area contributed by atoms with Crippen LogP contribution in [0.1, 0.15) is 11.3 Å². The van der Waals surface area contributed by atoms with Crippen LogP contribution in [-0.2, 0) is 13.1 Å². The van der Waals surface area contributed by atoms with Gasteiger partial charge in [-0.2, -0.15) is 0 Å². The van der Waals surface area contributed by atoms with E-state index in [2.05, 4.69) is 26.9 Å². The van der Waals surface area contributed by atoms with Crippen LogP contribution in [0, 0.1) is 0 Å². The molecule has 2 aromatic rings. The molecule has 0 radical (unpaired) electrons. The minimum absolute atomic E-state index is 0.533. The molecule has 1 heterocycles. The number of nitrogens with zero attached hydrogens (tertiary/aromatic N) is 1. The van der Waals surface area contributed by atoms with Gasteiger partial charge >= 0.3 is 0 Å². The first-order valence-corrected chi connectivity index (χ1v) is 6.22. The van der Waals surface area contributed by atoms with Gasteiger partial charge < -0.3 is 15.1 Å². The normalized spacial score (nSPS) is 10.5. The molecule has 90 valence electrons. The molecule has 2 rings (SSSR count). The summed E-state index contributed by atoms with van der Waals surface area (Å²) in [6.07, 6.45) is 1.69. The van der Waals surface area contributed by atoms with E-state index in [-0.39, 0.29) is 0 Å². The summed E-state index contributed by atoms with van der Waals surface area (Å²) in [6.45, 7) is 1.27. The summed E-state index contributed by atoms with van der Waals surface area (Å²) in [5.74, 6) is 0.940. The Morgan fingerprint density at radius 2 is 2.18 bits per heavy atom. The third-order valence-electron chi connectivity index (χ3n) is 2.65. The number of halogens is 1. The molecule has 4 heteroatoms. The number of benzene rings is 1. The maximum absolute atomic E-state index is 5.75. The Morgan fingerprint density at radius 1 is 1.35 bits per heavy atom. The zero-order valence-corrected chi connectivity index (χ0v) is 11.3. The van der Waals surface area contributed by atoms with Gasteiger partial charge in [0.2, 0.25) is 0 Å². The minimum Gasteiger partial charge on any atom is -0.467 e. The second kappa shape index (κ2) is 5.38. The van der Waals surface area contributed by atoms with Gasteiger partial charge in [0.05, 0.1) is 12.8 Å². The zero-order valence-electron chi connectivity index (χ0n) is 9.69. The van der Waals surface area contributed by atoms with Crippen LogP contribution in [0.2, 0.25) is 0 Å². The molecule has 0 atom stereocenters. The van der Waals surface area contributed by atoms with E-state index < -0.39 is 0 Å². The number of hydrogen-bond donors (Lipinski definition) is 1. The van der Waals surface area contributed by atoms with Crippen LogP contribution in [0.5, 0.6) is 0 Å². The summed E-state index contributed by atoms with van der Waals surface area (Å²) < 4.78 is 6.40. The van der Waals surface area contributed by atoms with Crippen molar-refractivity contribution in [1.82, 2.24) is 0 Å². The van der Waals surface area contributed by atoms with Crippen LogP contribution < -0.4 is 10.6 Å². The van der Waals surface area contributed by atoms with Gasteiger partial charge in [0, 0.05) is 23.8 Å². The fourth-order valence-corrected chi connectivity index (χ4v) is 2.14. The van der Waals surface area contributed by atoms with Crippen molar-refractivity contribution in [2.45, 2.75) is 13.1 Å². The Hall–Kier alpha value is -1.26. The van der Waals surface area contributed by atoms with Crippen molar-refractivity contribution in [3.8, 4) is 0 Å². The van der Waals surface area contributed by atoms with Gasteiger partial charge in [-0.25, -0.2) is 0 Å². The fourth-order valence-electron chi connectivity index (χ4n) is 1.79. The molecule has 0 bridgehead atoms. The van der Waals surface area contributed by atoms with Crippen LogP contribution in [0.25, 0.3) is 0 Å². The number of hydrogen-bond acceptors (Lipinski definition) is 3. The first-order chi connectivity index (χ1) is 8.20. The number of rotatable bonds is 4. The van der Waals surface area contributed by atoms with Crippen LogP contribution in [0.4, 0.5) is 5.69 Å². The molecule has 2 N–H and O–H groups in total. The molecule has 1 aromatic carbocycles. The van der Waals surface area contributed by atoms with Gasteiger partial charge in [-0.05, 0) is 29.8 Å². The largest absolute Gasteiger partial charge is 0.467 e. The highest BCUT2D eigenvalue weighted by molar-refractivity contribution is 9.10. The van der Waals surface area contributed by atoms with Crippen molar-refractivity contribution in [3.63, 3.8) is 0 Å². The van der Waals surface area contributed by atoms with Gasteiger partial charge in [-0.3, -0.25) is 0 Å². The maximum atomic E-state index is 5.75. The standard InChI is InChI=1S/C13H15BrN2O/c1-16(9-12-3-2-6-17-12)13-7-11(14)5-4-10(13)8-15/h2-7H,8-9,15H2,1H3. The van der Waals surface area contributed by atoms with Gasteiger partial charge in [-0.1, -0.05) is 22.0 Å². The van der Waals surface area contributed by atoms with Crippen LogP contribution in [0.3, 0.4) is 0 Å². The Bertz CT molecular complexity index is 482. The SMILES string of the molecule is CN(Cc1ccco1)c1cc(Br)ccc1CN.